The number of piperidine rings is 1. The van der Waals surface area contributed by atoms with Crippen LogP contribution in [0.15, 0.2) is 60.9 Å². The molecule has 0 radical (unpaired) electrons. The molecule has 3 heterocycles. The normalized spacial score (nSPS) is 24.1. The van der Waals surface area contributed by atoms with Gasteiger partial charge in [-0.05, 0) is 54.9 Å². The Bertz CT molecular complexity index is 969. The van der Waals surface area contributed by atoms with Gasteiger partial charge in [0.2, 0.25) is 0 Å². The van der Waals surface area contributed by atoms with Gasteiger partial charge in [-0.25, -0.2) is 0 Å². The third kappa shape index (κ3) is 3.46. The van der Waals surface area contributed by atoms with Gasteiger partial charge >= 0.3 is 0 Å². The van der Waals surface area contributed by atoms with E-state index in [9.17, 15) is 4.79 Å². The molecule has 3 aromatic rings. The first-order valence-corrected chi connectivity index (χ1v) is 10.6. The van der Waals surface area contributed by atoms with E-state index in [1.54, 1.807) is 12.4 Å². The van der Waals surface area contributed by atoms with Crippen molar-refractivity contribution in [3.05, 3.63) is 72.2 Å². The van der Waals surface area contributed by atoms with E-state index in [2.05, 4.69) is 50.4 Å². The van der Waals surface area contributed by atoms with E-state index >= 15 is 0 Å². The molecule has 2 fully saturated rings. The highest BCUT2D eigenvalue weighted by atomic mass is 16.2. The van der Waals surface area contributed by atoms with Crippen molar-refractivity contribution < 1.29 is 4.79 Å². The number of rotatable bonds is 3. The number of hydrogen-bond donors (Lipinski definition) is 1. The van der Waals surface area contributed by atoms with E-state index in [1.165, 1.54) is 24.8 Å². The molecule has 5 heteroatoms. The first-order valence-electron chi connectivity index (χ1n) is 10.6. The number of H-pyrrole nitrogens is 1. The Labute approximate surface area is 171 Å². The average Bonchev–Trinajstić information content (AvgIpc) is 3.29. The lowest BCUT2D eigenvalue weighted by molar-refractivity contribution is 0.0314. The fourth-order valence-electron chi connectivity index (χ4n) is 5.27. The van der Waals surface area contributed by atoms with Gasteiger partial charge in [0.15, 0.2) is 0 Å². The lowest BCUT2D eigenvalue weighted by atomic mass is 9.69. The maximum Gasteiger partial charge on any atom is 0.272 e. The zero-order chi connectivity index (χ0) is 19.6. The number of benzene rings is 1. The van der Waals surface area contributed by atoms with E-state index in [4.69, 9.17) is 0 Å². The van der Waals surface area contributed by atoms with Crippen LogP contribution in [0, 0.1) is 5.92 Å². The number of hydrogen-bond acceptors (Lipinski definition) is 3. The quantitative estimate of drug-likeness (QED) is 0.712. The number of amides is 1. The van der Waals surface area contributed by atoms with Crippen molar-refractivity contribution in [2.24, 2.45) is 5.92 Å². The summed E-state index contributed by atoms with van der Waals surface area (Å²) in [5.41, 5.74) is 3.69. The summed E-state index contributed by atoms with van der Waals surface area (Å²) in [5, 5.41) is 7.33. The number of carbonyl (C=O) groups excluding carboxylic acids is 1. The average molecular weight is 386 g/mol. The molecule has 5 rings (SSSR count). The van der Waals surface area contributed by atoms with Crippen LogP contribution in [0.4, 0.5) is 0 Å². The highest BCUT2D eigenvalue weighted by Crippen LogP contribution is 2.44. The second kappa shape index (κ2) is 7.82. The van der Waals surface area contributed by atoms with Crippen LogP contribution in [0.1, 0.15) is 54.1 Å². The summed E-state index contributed by atoms with van der Waals surface area (Å²) in [6.45, 7) is 0.806. The zero-order valence-electron chi connectivity index (χ0n) is 16.5. The minimum absolute atomic E-state index is 0.0797. The van der Waals surface area contributed by atoms with Crippen molar-refractivity contribution in [1.29, 1.82) is 0 Å². The van der Waals surface area contributed by atoms with Gasteiger partial charge in [0.1, 0.15) is 5.69 Å². The Hall–Kier alpha value is -2.95. The number of aromatic amines is 1. The summed E-state index contributed by atoms with van der Waals surface area (Å²) in [6, 6.07) is 16.9. The van der Waals surface area contributed by atoms with Crippen LogP contribution in [-0.2, 0) is 0 Å². The molecule has 1 saturated carbocycles. The number of carbonyl (C=O) groups is 1. The maximum atomic E-state index is 13.4. The molecule has 1 amide bonds. The summed E-state index contributed by atoms with van der Waals surface area (Å²) in [6.07, 6.45) is 9.31. The summed E-state index contributed by atoms with van der Waals surface area (Å²) < 4.78 is 0. The van der Waals surface area contributed by atoms with Crippen LogP contribution in [-0.4, -0.2) is 38.6 Å². The van der Waals surface area contributed by atoms with Gasteiger partial charge in [-0.2, -0.15) is 5.10 Å². The van der Waals surface area contributed by atoms with E-state index in [0.29, 0.717) is 23.6 Å². The molecule has 1 aromatic carbocycles. The van der Waals surface area contributed by atoms with Crippen LogP contribution < -0.4 is 0 Å². The smallest absolute Gasteiger partial charge is 0.272 e. The maximum absolute atomic E-state index is 13.4. The third-order valence-electron chi connectivity index (χ3n) is 6.63. The van der Waals surface area contributed by atoms with Crippen molar-refractivity contribution in [3.8, 4) is 11.3 Å². The molecule has 1 aliphatic heterocycles. The van der Waals surface area contributed by atoms with Gasteiger partial charge in [0, 0.05) is 30.5 Å². The van der Waals surface area contributed by atoms with Gasteiger partial charge < -0.3 is 4.90 Å². The minimum Gasteiger partial charge on any atom is -0.334 e. The molecule has 5 nitrogen and oxygen atoms in total. The summed E-state index contributed by atoms with van der Waals surface area (Å²) in [5.74, 6) is 1.18. The zero-order valence-corrected chi connectivity index (χ0v) is 16.5. The van der Waals surface area contributed by atoms with Crippen LogP contribution in [0.2, 0.25) is 0 Å². The van der Waals surface area contributed by atoms with Gasteiger partial charge in [-0.3, -0.25) is 14.9 Å². The fourth-order valence-corrected chi connectivity index (χ4v) is 5.27. The SMILES string of the molecule is O=C(c1cc(-c2cccnc2)n[nH]1)N1CC[C@H](c2ccccc2)[C@H]2CCCC[C@H]21. The highest BCUT2D eigenvalue weighted by molar-refractivity contribution is 5.93. The molecule has 1 aliphatic carbocycles. The van der Waals surface area contributed by atoms with Gasteiger partial charge in [0.05, 0.1) is 5.69 Å². The summed E-state index contributed by atoms with van der Waals surface area (Å²) >= 11 is 0. The summed E-state index contributed by atoms with van der Waals surface area (Å²) in [7, 11) is 0. The fraction of sp³-hybridized carbons (Fsp3) is 0.375. The lowest BCUT2D eigenvalue weighted by Crippen LogP contribution is -2.52. The second-order valence-corrected chi connectivity index (χ2v) is 8.23. The Balaban J connectivity index is 1.39. The van der Waals surface area contributed by atoms with Crippen molar-refractivity contribution in [2.75, 3.05) is 6.54 Å². The van der Waals surface area contributed by atoms with E-state index < -0.39 is 0 Å². The van der Waals surface area contributed by atoms with Crippen LogP contribution >= 0.6 is 0 Å². The Morgan fingerprint density at radius 2 is 1.90 bits per heavy atom. The van der Waals surface area contributed by atoms with E-state index in [-0.39, 0.29) is 5.91 Å². The molecule has 3 atom stereocenters. The van der Waals surface area contributed by atoms with Crippen molar-refractivity contribution in [3.63, 3.8) is 0 Å². The Morgan fingerprint density at radius 1 is 1.03 bits per heavy atom. The number of aromatic nitrogens is 3. The molecule has 0 unspecified atom stereocenters. The standard InChI is InChI=1S/C24H26N4O/c29-24(22-15-21(26-27-22)18-9-6-13-25-16-18)28-14-12-19(17-7-2-1-3-8-17)20-10-4-5-11-23(20)28/h1-3,6-9,13,15-16,19-20,23H,4-5,10-12,14H2,(H,26,27)/t19-,20-,23-/m1/s1. The largest absolute Gasteiger partial charge is 0.334 e. The number of fused-ring (bicyclic) bond motifs is 1. The molecule has 1 N–H and O–H groups in total. The predicted molar refractivity (Wildman–Crippen MR) is 112 cm³/mol. The molecule has 0 bridgehead atoms. The number of likely N-dealkylation sites (tertiary alicyclic amines) is 1. The molecule has 1 saturated heterocycles. The Kier molecular flexibility index (Phi) is 4.88. The first-order chi connectivity index (χ1) is 14.3. The van der Waals surface area contributed by atoms with E-state index in [0.717, 1.165) is 30.6 Å². The number of nitrogens with zero attached hydrogens (tertiary/aromatic N) is 3. The third-order valence-corrected chi connectivity index (χ3v) is 6.63. The topological polar surface area (TPSA) is 61.9 Å². The lowest BCUT2D eigenvalue weighted by Gasteiger charge is -2.48. The number of pyridine rings is 1. The van der Waals surface area contributed by atoms with Crippen molar-refractivity contribution in [1.82, 2.24) is 20.1 Å². The molecule has 0 spiro atoms. The molecular formula is C24H26N4O. The first kappa shape index (κ1) is 18.1. The molecule has 29 heavy (non-hydrogen) atoms. The summed E-state index contributed by atoms with van der Waals surface area (Å²) in [4.78, 5) is 19.6. The van der Waals surface area contributed by atoms with Gasteiger partial charge in [-0.15, -0.1) is 0 Å². The van der Waals surface area contributed by atoms with Gasteiger partial charge in [0.25, 0.3) is 5.91 Å². The molecule has 148 valence electrons. The molecule has 2 aliphatic rings. The number of nitrogens with one attached hydrogen (secondary N) is 1. The predicted octanol–water partition coefficient (Wildman–Crippen LogP) is 4.66. The van der Waals surface area contributed by atoms with Crippen LogP contribution in [0.3, 0.4) is 0 Å². The monoisotopic (exact) mass is 386 g/mol. The minimum atomic E-state index is 0.0797. The van der Waals surface area contributed by atoms with Crippen molar-refractivity contribution in [2.45, 2.75) is 44.1 Å². The van der Waals surface area contributed by atoms with Crippen LogP contribution in [0.5, 0.6) is 0 Å². The van der Waals surface area contributed by atoms with Crippen LogP contribution in [0.25, 0.3) is 11.3 Å². The molecule has 2 aromatic heterocycles. The highest BCUT2D eigenvalue weighted by Gasteiger charge is 2.42. The molecular weight excluding hydrogens is 360 g/mol. The second-order valence-electron chi connectivity index (χ2n) is 8.23. The Morgan fingerprint density at radius 3 is 2.72 bits per heavy atom. The van der Waals surface area contributed by atoms with E-state index in [1.807, 2.05) is 18.2 Å². The van der Waals surface area contributed by atoms with Gasteiger partial charge in [-0.1, -0.05) is 43.2 Å². The van der Waals surface area contributed by atoms with Crippen molar-refractivity contribution >= 4 is 5.91 Å².